The largest absolute Gasteiger partial charge is 0.492 e. The first kappa shape index (κ1) is 27.2. The highest BCUT2D eigenvalue weighted by Gasteiger charge is 2.25. The minimum Gasteiger partial charge on any atom is -0.492 e. The van der Waals surface area contributed by atoms with E-state index < -0.39 is 23.6 Å². The van der Waals surface area contributed by atoms with Gasteiger partial charge in [-0.2, -0.15) is 0 Å². The Morgan fingerprint density at radius 2 is 1.69 bits per heavy atom. The topological polar surface area (TPSA) is 97.0 Å². The number of para-hydroxylation sites is 2. The zero-order valence-electron chi connectivity index (χ0n) is 20.5. The highest BCUT2D eigenvalue weighted by Crippen LogP contribution is 2.22. The number of carbonyl (C=O) groups is 3. The lowest BCUT2D eigenvalue weighted by atomic mass is 10.1. The van der Waals surface area contributed by atoms with Crippen molar-refractivity contribution in [3.05, 3.63) is 85.0 Å². The molecule has 0 aliphatic carbocycles. The van der Waals surface area contributed by atoms with Gasteiger partial charge in [-0.1, -0.05) is 42.5 Å². The number of ether oxygens (including phenoxy) is 2. The molecule has 0 saturated heterocycles. The number of hydrogen-bond acceptors (Lipinski definition) is 5. The summed E-state index contributed by atoms with van der Waals surface area (Å²) in [5, 5.41) is 5.43. The lowest BCUT2D eigenvalue weighted by Gasteiger charge is -2.22. The van der Waals surface area contributed by atoms with Crippen molar-refractivity contribution in [1.29, 1.82) is 0 Å². The summed E-state index contributed by atoms with van der Waals surface area (Å²) in [7, 11) is 0. The van der Waals surface area contributed by atoms with Gasteiger partial charge in [0.2, 0.25) is 0 Å². The molecule has 2 N–H and O–H groups in total. The van der Waals surface area contributed by atoms with E-state index in [4.69, 9.17) is 9.47 Å². The summed E-state index contributed by atoms with van der Waals surface area (Å²) in [6.07, 6.45) is 3.23. The molecule has 0 bridgehead atoms. The van der Waals surface area contributed by atoms with Crippen molar-refractivity contribution in [2.45, 2.75) is 39.3 Å². The number of benzene rings is 2. The number of urea groups is 1. The maximum absolute atomic E-state index is 13.3. The molecule has 0 fully saturated rings. The Bertz CT molecular complexity index is 1060. The summed E-state index contributed by atoms with van der Waals surface area (Å²) in [6, 6.07) is 13.1. The third-order valence-corrected chi connectivity index (χ3v) is 4.58. The number of hydrogen-bond donors (Lipinski definition) is 2. The molecule has 0 heterocycles. The first-order chi connectivity index (χ1) is 16.7. The highest BCUT2D eigenvalue weighted by atomic mass is 16.6. The van der Waals surface area contributed by atoms with E-state index in [0.29, 0.717) is 30.0 Å². The summed E-state index contributed by atoms with van der Waals surface area (Å²) in [5.41, 5.74) is 0.722. The van der Waals surface area contributed by atoms with E-state index in [-0.39, 0.29) is 18.7 Å². The monoisotopic (exact) mass is 479 g/mol. The minimum absolute atomic E-state index is 0.00994. The molecule has 8 heteroatoms. The Morgan fingerprint density at radius 3 is 2.37 bits per heavy atom. The SMILES string of the molecule is C=CCCOc1ccccc1C(=O)N(CC=C)C(=O)Nc1ccccc1CNC(=O)OC(C)(C)C. The average molecular weight is 480 g/mol. The maximum atomic E-state index is 13.3. The smallest absolute Gasteiger partial charge is 0.407 e. The van der Waals surface area contributed by atoms with E-state index in [1.165, 1.54) is 6.08 Å². The van der Waals surface area contributed by atoms with Crippen LogP contribution in [0, 0.1) is 0 Å². The zero-order valence-corrected chi connectivity index (χ0v) is 20.5. The molecule has 2 aromatic rings. The summed E-state index contributed by atoms with van der Waals surface area (Å²) in [4.78, 5) is 39.5. The first-order valence-corrected chi connectivity index (χ1v) is 11.3. The van der Waals surface area contributed by atoms with Gasteiger partial charge in [-0.3, -0.25) is 9.69 Å². The van der Waals surface area contributed by atoms with Crippen molar-refractivity contribution < 1.29 is 23.9 Å². The highest BCUT2D eigenvalue weighted by molar-refractivity contribution is 6.09. The Labute approximate surface area is 206 Å². The molecule has 2 aromatic carbocycles. The van der Waals surface area contributed by atoms with Crippen LogP contribution in [0.4, 0.5) is 15.3 Å². The van der Waals surface area contributed by atoms with Crippen molar-refractivity contribution in [1.82, 2.24) is 10.2 Å². The fraction of sp³-hybridized carbons (Fsp3) is 0.296. The van der Waals surface area contributed by atoms with Gasteiger partial charge in [0.1, 0.15) is 11.4 Å². The Hall–Kier alpha value is -4.07. The van der Waals surface area contributed by atoms with Crippen LogP contribution in [-0.4, -0.2) is 41.7 Å². The van der Waals surface area contributed by atoms with Crippen LogP contribution in [0.25, 0.3) is 0 Å². The van der Waals surface area contributed by atoms with Crippen molar-refractivity contribution in [2.24, 2.45) is 0 Å². The molecule has 0 saturated carbocycles. The molecule has 4 amide bonds. The minimum atomic E-state index is -0.638. The standard InChI is InChI=1S/C27H33N3O5/c1-6-8-18-34-23-16-12-10-14-21(23)24(31)30(17-7-2)25(32)29-22-15-11-9-13-20(22)19-28-26(33)35-27(3,4)5/h6-7,9-16H,1-2,8,17-19H2,3-5H3,(H,28,33)(H,29,32). The number of nitrogens with one attached hydrogen (secondary N) is 2. The molecule has 2 rings (SSSR count). The lowest BCUT2D eigenvalue weighted by molar-refractivity contribution is 0.0523. The Kier molecular flexibility index (Phi) is 10.1. The molecular formula is C27H33N3O5. The van der Waals surface area contributed by atoms with Gasteiger partial charge in [-0.15, -0.1) is 13.2 Å². The second kappa shape index (κ2) is 13.0. The number of rotatable bonds is 10. The van der Waals surface area contributed by atoms with E-state index in [0.717, 1.165) is 4.90 Å². The van der Waals surface area contributed by atoms with Crippen LogP contribution in [0.1, 0.15) is 43.1 Å². The number of imide groups is 1. The van der Waals surface area contributed by atoms with Gasteiger partial charge in [-0.25, -0.2) is 9.59 Å². The fourth-order valence-electron chi connectivity index (χ4n) is 3.01. The van der Waals surface area contributed by atoms with Gasteiger partial charge in [0.05, 0.1) is 12.2 Å². The predicted octanol–water partition coefficient (Wildman–Crippen LogP) is 5.53. The lowest BCUT2D eigenvalue weighted by Crippen LogP contribution is -2.40. The van der Waals surface area contributed by atoms with Crippen LogP contribution in [0.3, 0.4) is 0 Å². The number of amides is 4. The van der Waals surface area contributed by atoms with Crippen molar-refractivity contribution in [2.75, 3.05) is 18.5 Å². The summed E-state index contributed by atoms with van der Waals surface area (Å²) in [6.45, 7) is 13.1. The molecule has 0 unspecified atom stereocenters. The molecular weight excluding hydrogens is 446 g/mol. The quantitative estimate of drug-likeness (QED) is 0.345. The van der Waals surface area contributed by atoms with Crippen LogP contribution in [-0.2, 0) is 11.3 Å². The van der Waals surface area contributed by atoms with Gasteiger partial charge in [0, 0.05) is 18.8 Å². The van der Waals surface area contributed by atoms with Gasteiger partial charge < -0.3 is 20.1 Å². The van der Waals surface area contributed by atoms with Gasteiger partial charge in [0.25, 0.3) is 5.91 Å². The third kappa shape index (κ3) is 8.66. The van der Waals surface area contributed by atoms with Crippen molar-refractivity contribution in [3.8, 4) is 5.75 Å². The van der Waals surface area contributed by atoms with Gasteiger partial charge >= 0.3 is 12.1 Å². The van der Waals surface area contributed by atoms with E-state index in [9.17, 15) is 14.4 Å². The van der Waals surface area contributed by atoms with E-state index in [2.05, 4.69) is 23.8 Å². The number of carbonyl (C=O) groups excluding carboxylic acids is 3. The molecule has 0 spiro atoms. The Morgan fingerprint density at radius 1 is 1.00 bits per heavy atom. The summed E-state index contributed by atoms with van der Waals surface area (Å²) in [5.74, 6) is -0.149. The molecule has 0 radical (unpaired) electrons. The van der Waals surface area contributed by atoms with Crippen LogP contribution >= 0.6 is 0 Å². The summed E-state index contributed by atoms with van der Waals surface area (Å²) >= 11 is 0. The van der Waals surface area contributed by atoms with E-state index >= 15 is 0 Å². The third-order valence-electron chi connectivity index (χ3n) is 4.58. The van der Waals surface area contributed by atoms with E-state index in [1.807, 2.05) is 0 Å². The molecule has 0 aliphatic heterocycles. The zero-order chi connectivity index (χ0) is 25.8. The normalized spacial score (nSPS) is 10.6. The number of anilines is 1. The molecule has 35 heavy (non-hydrogen) atoms. The van der Waals surface area contributed by atoms with Crippen molar-refractivity contribution in [3.63, 3.8) is 0 Å². The van der Waals surface area contributed by atoms with Gasteiger partial charge in [-0.05, 0) is 51.0 Å². The maximum Gasteiger partial charge on any atom is 0.407 e. The average Bonchev–Trinajstić information content (AvgIpc) is 2.81. The second-order valence-electron chi connectivity index (χ2n) is 8.57. The number of nitrogens with zero attached hydrogens (tertiary/aromatic N) is 1. The molecule has 186 valence electrons. The molecule has 8 nitrogen and oxygen atoms in total. The van der Waals surface area contributed by atoms with Crippen molar-refractivity contribution >= 4 is 23.7 Å². The fourth-order valence-corrected chi connectivity index (χ4v) is 3.01. The van der Waals surface area contributed by atoms with Crippen LogP contribution in [0.2, 0.25) is 0 Å². The van der Waals surface area contributed by atoms with E-state index in [1.54, 1.807) is 75.4 Å². The first-order valence-electron chi connectivity index (χ1n) is 11.3. The predicted molar refractivity (Wildman–Crippen MR) is 137 cm³/mol. The van der Waals surface area contributed by atoms with Gasteiger partial charge in [0.15, 0.2) is 0 Å². The van der Waals surface area contributed by atoms with Crippen LogP contribution in [0.15, 0.2) is 73.8 Å². The molecule has 0 aliphatic rings. The van der Waals surface area contributed by atoms with Crippen LogP contribution in [0.5, 0.6) is 5.75 Å². The molecule has 0 atom stereocenters. The Balaban J connectivity index is 2.18. The van der Waals surface area contributed by atoms with Crippen LogP contribution < -0.4 is 15.4 Å². The molecule has 0 aromatic heterocycles. The second-order valence-corrected chi connectivity index (χ2v) is 8.57. The summed E-state index contributed by atoms with van der Waals surface area (Å²) < 4.78 is 11.0. The number of alkyl carbamates (subject to hydrolysis) is 1.